The third-order valence-electron chi connectivity index (χ3n) is 4.86. The minimum Gasteiger partial charge on any atom is -0.457 e. The monoisotopic (exact) mass is 410 g/mol. The van der Waals surface area contributed by atoms with Gasteiger partial charge in [-0.25, -0.2) is 0 Å². The minimum absolute atomic E-state index is 0.191. The molecule has 154 valence electrons. The lowest BCUT2D eigenvalue weighted by Crippen LogP contribution is -2.11. The molecule has 4 aromatic rings. The Hall–Kier alpha value is -4.19. The van der Waals surface area contributed by atoms with Crippen LogP contribution in [0.15, 0.2) is 85.3 Å². The molecule has 2 heterocycles. The van der Waals surface area contributed by atoms with Crippen molar-refractivity contribution in [1.29, 1.82) is 0 Å². The molecule has 2 N–H and O–H groups in total. The SMILES string of the molecule is Cc1nccc(Nc2ccc(C(=O)Nc3cccc(Oc4ccncc4)c3)cc2)c1C. The summed E-state index contributed by atoms with van der Waals surface area (Å²) in [6.07, 6.45) is 5.10. The highest BCUT2D eigenvalue weighted by Crippen LogP contribution is 2.25. The number of nitrogens with one attached hydrogen (secondary N) is 2. The van der Waals surface area contributed by atoms with E-state index in [1.54, 1.807) is 48.9 Å². The van der Waals surface area contributed by atoms with E-state index in [9.17, 15) is 4.79 Å². The van der Waals surface area contributed by atoms with Crippen LogP contribution in [0.1, 0.15) is 21.6 Å². The van der Waals surface area contributed by atoms with Crippen molar-refractivity contribution in [2.75, 3.05) is 10.6 Å². The zero-order chi connectivity index (χ0) is 21.6. The number of aromatic nitrogens is 2. The fraction of sp³-hybridized carbons (Fsp3) is 0.0800. The van der Waals surface area contributed by atoms with E-state index in [1.165, 1.54) is 0 Å². The smallest absolute Gasteiger partial charge is 0.255 e. The van der Waals surface area contributed by atoms with Gasteiger partial charge in [0.1, 0.15) is 11.5 Å². The molecule has 0 unspecified atom stereocenters. The van der Waals surface area contributed by atoms with Crippen molar-refractivity contribution in [3.8, 4) is 11.5 Å². The molecule has 6 heteroatoms. The van der Waals surface area contributed by atoms with Crippen LogP contribution in [0.4, 0.5) is 17.1 Å². The van der Waals surface area contributed by atoms with Crippen LogP contribution in [0.3, 0.4) is 0 Å². The van der Waals surface area contributed by atoms with Gasteiger partial charge in [-0.15, -0.1) is 0 Å². The van der Waals surface area contributed by atoms with E-state index in [-0.39, 0.29) is 5.91 Å². The molecule has 0 spiro atoms. The van der Waals surface area contributed by atoms with Gasteiger partial charge in [0.2, 0.25) is 0 Å². The molecule has 0 aliphatic heterocycles. The van der Waals surface area contributed by atoms with Crippen molar-refractivity contribution >= 4 is 23.0 Å². The molecular weight excluding hydrogens is 388 g/mol. The third-order valence-corrected chi connectivity index (χ3v) is 4.86. The predicted molar refractivity (Wildman–Crippen MR) is 122 cm³/mol. The molecule has 4 rings (SSSR count). The Morgan fingerprint density at radius 2 is 1.61 bits per heavy atom. The number of pyridine rings is 2. The maximum atomic E-state index is 12.7. The first-order valence-corrected chi connectivity index (χ1v) is 9.87. The summed E-state index contributed by atoms with van der Waals surface area (Å²) in [7, 11) is 0. The average molecular weight is 410 g/mol. The maximum absolute atomic E-state index is 12.7. The lowest BCUT2D eigenvalue weighted by Gasteiger charge is -2.12. The van der Waals surface area contributed by atoms with E-state index in [4.69, 9.17) is 4.74 Å². The van der Waals surface area contributed by atoms with Crippen LogP contribution in [0.5, 0.6) is 11.5 Å². The summed E-state index contributed by atoms with van der Waals surface area (Å²) < 4.78 is 5.79. The molecule has 0 saturated heterocycles. The largest absolute Gasteiger partial charge is 0.457 e. The van der Waals surface area contributed by atoms with Crippen molar-refractivity contribution in [2.45, 2.75) is 13.8 Å². The van der Waals surface area contributed by atoms with Crippen molar-refractivity contribution in [1.82, 2.24) is 9.97 Å². The average Bonchev–Trinajstić information content (AvgIpc) is 2.78. The van der Waals surface area contributed by atoms with Gasteiger partial charge < -0.3 is 15.4 Å². The molecule has 0 bridgehead atoms. The molecule has 2 aromatic carbocycles. The van der Waals surface area contributed by atoms with Crippen LogP contribution in [0.25, 0.3) is 0 Å². The summed E-state index contributed by atoms with van der Waals surface area (Å²) in [6, 6.07) is 20.1. The first-order chi connectivity index (χ1) is 15.1. The number of carbonyl (C=O) groups excluding carboxylic acids is 1. The second-order valence-electron chi connectivity index (χ2n) is 7.04. The number of anilines is 3. The molecule has 0 atom stereocenters. The van der Waals surface area contributed by atoms with Crippen LogP contribution in [-0.4, -0.2) is 15.9 Å². The van der Waals surface area contributed by atoms with E-state index in [1.807, 2.05) is 50.2 Å². The fourth-order valence-corrected chi connectivity index (χ4v) is 3.02. The number of amides is 1. The van der Waals surface area contributed by atoms with Gasteiger partial charge in [-0.3, -0.25) is 14.8 Å². The number of rotatable bonds is 6. The molecule has 31 heavy (non-hydrogen) atoms. The van der Waals surface area contributed by atoms with Gasteiger partial charge in [0.25, 0.3) is 5.91 Å². The number of benzene rings is 2. The summed E-state index contributed by atoms with van der Waals surface area (Å²) in [5.74, 6) is 1.12. The standard InChI is InChI=1S/C25H22N4O2/c1-17-18(2)27-15-12-24(17)28-20-8-6-19(7-9-20)25(30)29-21-4-3-5-23(16-21)31-22-10-13-26-14-11-22/h3-16H,1-2H3,(H,27,28)(H,29,30). The Balaban J connectivity index is 1.42. The van der Waals surface area contributed by atoms with Crippen LogP contribution in [-0.2, 0) is 0 Å². The Bertz CT molecular complexity index is 1190. The Morgan fingerprint density at radius 3 is 2.39 bits per heavy atom. The summed E-state index contributed by atoms with van der Waals surface area (Å²) in [6.45, 7) is 4.00. The number of nitrogens with zero attached hydrogens (tertiary/aromatic N) is 2. The van der Waals surface area contributed by atoms with Crippen molar-refractivity contribution in [3.63, 3.8) is 0 Å². The predicted octanol–water partition coefficient (Wildman–Crippen LogP) is 5.88. The number of ether oxygens (including phenoxy) is 1. The number of hydrogen-bond acceptors (Lipinski definition) is 5. The molecule has 0 saturated carbocycles. The fourth-order valence-electron chi connectivity index (χ4n) is 3.02. The lowest BCUT2D eigenvalue weighted by molar-refractivity contribution is 0.102. The summed E-state index contributed by atoms with van der Waals surface area (Å²) >= 11 is 0. The second kappa shape index (κ2) is 9.09. The second-order valence-corrected chi connectivity index (χ2v) is 7.04. The Morgan fingerprint density at radius 1 is 0.839 bits per heavy atom. The molecule has 0 aliphatic carbocycles. The molecule has 2 aromatic heterocycles. The van der Waals surface area contributed by atoms with Gasteiger partial charge in [0.05, 0.1) is 0 Å². The quantitative estimate of drug-likeness (QED) is 0.415. The molecule has 0 radical (unpaired) electrons. The number of hydrogen-bond donors (Lipinski definition) is 2. The Labute approximate surface area is 181 Å². The van der Waals surface area contributed by atoms with E-state index < -0.39 is 0 Å². The molecular formula is C25H22N4O2. The van der Waals surface area contributed by atoms with Crippen molar-refractivity contribution in [2.24, 2.45) is 0 Å². The zero-order valence-corrected chi connectivity index (χ0v) is 17.3. The van der Waals surface area contributed by atoms with Crippen molar-refractivity contribution < 1.29 is 9.53 Å². The van der Waals surface area contributed by atoms with E-state index in [0.29, 0.717) is 22.7 Å². The maximum Gasteiger partial charge on any atom is 0.255 e. The third kappa shape index (κ3) is 5.05. The Kier molecular flexibility index (Phi) is 5.89. The number of carbonyl (C=O) groups is 1. The first kappa shape index (κ1) is 20.1. The molecule has 0 fully saturated rings. The van der Waals surface area contributed by atoms with E-state index in [0.717, 1.165) is 22.6 Å². The van der Waals surface area contributed by atoms with Crippen LogP contribution in [0.2, 0.25) is 0 Å². The van der Waals surface area contributed by atoms with Gasteiger partial charge >= 0.3 is 0 Å². The van der Waals surface area contributed by atoms with Gasteiger partial charge in [-0.1, -0.05) is 6.07 Å². The molecule has 1 amide bonds. The van der Waals surface area contributed by atoms with Crippen LogP contribution >= 0.6 is 0 Å². The zero-order valence-electron chi connectivity index (χ0n) is 17.3. The highest BCUT2D eigenvalue weighted by atomic mass is 16.5. The molecule has 0 aliphatic rings. The normalized spacial score (nSPS) is 10.4. The summed E-state index contributed by atoms with van der Waals surface area (Å²) in [5.41, 5.74) is 5.19. The van der Waals surface area contributed by atoms with Gasteiger partial charge in [0, 0.05) is 53.0 Å². The van der Waals surface area contributed by atoms with Crippen LogP contribution < -0.4 is 15.4 Å². The van der Waals surface area contributed by atoms with Crippen LogP contribution in [0, 0.1) is 13.8 Å². The number of aryl methyl sites for hydroxylation is 1. The highest BCUT2D eigenvalue weighted by Gasteiger charge is 2.08. The summed E-state index contributed by atoms with van der Waals surface area (Å²) in [5, 5.41) is 6.28. The topological polar surface area (TPSA) is 76.1 Å². The van der Waals surface area contributed by atoms with E-state index >= 15 is 0 Å². The van der Waals surface area contributed by atoms with Crippen molar-refractivity contribution in [3.05, 3.63) is 102 Å². The van der Waals surface area contributed by atoms with Gasteiger partial charge in [0.15, 0.2) is 0 Å². The minimum atomic E-state index is -0.191. The summed E-state index contributed by atoms with van der Waals surface area (Å²) in [4.78, 5) is 20.9. The van der Waals surface area contributed by atoms with Gasteiger partial charge in [-0.2, -0.15) is 0 Å². The first-order valence-electron chi connectivity index (χ1n) is 9.87. The van der Waals surface area contributed by atoms with Gasteiger partial charge in [-0.05, 0) is 74.0 Å². The highest BCUT2D eigenvalue weighted by molar-refractivity contribution is 6.04. The lowest BCUT2D eigenvalue weighted by atomic mass is 10.1. The van der Waals surface area contributed by atoms with E-state index in [2.05, 4.69) is 20.6 Å². The molecule has 6 nitrogen and oxygen atoms in total.